The average Bonchev–Trinajstić information content (AvgIpc) is 3.41. The van der Waals surface area contributed by atoms with Crippen LogP contribution in [0, 0.1) is 6.92 Å². The van der Waals surface area contributed by atoms with Crippen LogP contribution in [0.4, 0.5) is 10.8 Å². The van der Waals surface area contributed by atoms with Crippen molar-refractivity contribution in [1.29, 1.82) is 0 Å². The Morgan fingerprint density at radius 1 is 1.12 bits per heavy atom. The molecule has 0 spiro atoms. The number of hydrogen-bond donors (Lipinski definition) is 2. The maximum Gasteiger partial charge on any atom is 0.273 e. The molecule has 0 saturated heterocycles. The first kappa shape index (κ1) is 21.5. The lowest BCUT2D eigenvalue weighted by Gasteiger charge is -2.10. The molecule has 0 bridgehead atoms. The molecule has 0 aliphatic heterocycles. The number of rotatable bonds is 7. The van der Waals surface area contributed by atoms with Gasteiger partial charge in [-0.1, -0.05) is 11.3 Å². The summed E-state index contributed by atoms with van der Waals surface area (Å²) in [4.78, 5) is 23.7. The number of ether oxygens (including phenoxy) is 1. The molecule has 10 nitrogen and oxygen atoms in total. The van der Waals surface area contributed by atoms with Crippen molar-refractivity contribution in [2.75, 3.05) is 10.0 Å². The molecule has 0 saturated carbocycles. The van der Waals surface area contributed by atoms with Gasteiger partial charge in [0.05, 0.1) is 6.20 Å². The number of nitrogens with one attached hydrogen (secondary N) is 2. The lowest BCUT2D eigenvalue weighted by Crippen LogP contribution is -2.11. The van der Waals surface area contributed by atoms with Crippen LogP contribution in [0.15, 0.2) is 65.3 Å². The first-order valence-corrected chi connectivity index (χ1v) is 11.6. The molecule has 0 aliphatic carbocycles. The Labute approximate surface area is 188 Å². The molecule has 4 rings (SSSR count). The summed E-state index contributed by atoms with van der Waals surface area (Å²) < 4.78 is 35.2. The minimum Gasteiger partial charge on any atom is -0.439 e. The molecule has 32 heavy (non-hydrogen) atoms. The fourth-order valence-electron chi connectivity index (χ4n) is 2.71. The summed E-state index contributed by atoms with van der Waals surface area (Å²) in [6, 6.07) is 11.9. The third kappa shape index (κ3) is 5.10. The van der Waals surface area contributed by atoms with E-state index in [1.165, 1.54) is 13.1 Å². The van der Waals surface area contributed by atoms with Gasteiger partial charge in [-0.2, -0.15) is 4.98 Å². The lowest BCUT2D eigenvalue weighted by atomic mass is 10.3. The van der Waals surface area contributed by atoms with E-state index in [4.69, 9.17) is 4.74 Å². The van der Waals surface area contributed by atoms with Crippen molar-refractivity contribution in [1.82, 2.24) is 19.5 Å². The average molecular weight is 471 g/mol. The first-order valence-electron chi connectivity index (χ1n) is 9.32. The van der Waals surface area contributed by atoms with Gasteiger partial charge in [-0.05, 0) is 43.3 Å². The molecular weight excluding hydrogens is 452 g/mol. The molecule has 0 radical (unpaired) electrons. The van der Waals surface area contributed by atoms with Crippen LogP contribution in [0.25, 0.3) is 5.82 Å². The van der Waals surface area contributed by atoms with Gasteiger partial charge in [0.1, 0.15) is 17.4 Å². The Kier molecular flexibility index (Phi) is 5.88. The predicted octanol–water partition coefficient (Wildman–Crippen LogP) is 3.58. The third-order valence-electron chi connectivity index (χ3n) is 4.03. The van der Waals surface area contributed by atoms with Crippen molar-refractivity contribution < 1.29 is 17.9 Å². The van der Waals surface area contributed by atoms with Crippen LogP contribution in [0.3, 0.4) is 0 Å². The van der Waals surface area contributed by atoms with Gasteiger partial charge in [-0.25, -0.2) is 18.4 Å². The van der Waals surface area contributed by atoms with Gasteiger partial charge in [0.25, 0.3) is 10.0 Å². The molecule has 1 aromatic carbocycles. The van der Waals surface area contributed by atoms with Gasteiger partial charge in [-0.3, -0.25) is 9.52 Å². The zero-order valence-corrected chi connectivity index (χ0v) is 18.6. The van der Waals surface area contributed by atoms with Crippen LogP contribution >= 0.6 is 11.3 Å². The Balaban J connectivity index is 1.47. The van der Waals surface area contributed by atoms with Crippen LogP contribution in [0.1, 0.15) is 12.7 Å². The van der Waals surface area contributed by atoms with Gasteiger partial charge in [0.2, 0.25) is 11.8 Å². The second kappa shape index (κ2) is 8.77. The molecule has 0 atom stereocenters. The summed E-state index contributed by atoms with van der Waals surface area (Å²) >= 11 is 0.859. The number of aromatic nitrogens is 4. The maximum atomic E-state index is 12.6. The van der Waals surface area contributed by atoms with Gasteiger partial charge < -0.3 is 14.6 Å². The quantitative estimate of drug-likeness (QED) is 0.422. The van der Waals surface area contributed by atoms with Gasteiger partial charge in [-0.15, -0.1) is 0 Å². The maximum absolute atomic E-state index is 12.6. The lowest BCUT2D eigenvalue weighted by molar-refractivity contribution is -0.114. The fraction of sp³-hybridized carbons (Fsp3) is 0.100. The summed E-state index contributed by atoms with van der Waals surface area (Å²) in [5, 5.41) is 2.67. The molecule has 3 heterocycles. The topological polar surface area (TPSA) is 128 Å². The Morgan fingerprint density at radius 2 is 1.84 bits per heavy atom. The molecular formula is C20H18N6O4S2. The number of thiazole rings is 1. The van der Waals surface area contributed by atoms with Crippen molar-refractivity contribution >= 4 is 38.1 Å². The Bertz CT molecular complexity index is 1350. The van der Waals surface area contributed by atoms with Crippen molar-refractivity contribution in [2.24, 2.45) is 0 Å². The highest BCUT2D eigenvalue weighted by Crippen LogP contribution is 2.27. The number of benzene rings is 1. The summed E-state index contributed by atoms with van der Waals surface area (Å²) in [5.41, 5.74) is 0.346. The summed E-state index contributed by atoms with van der Waals surface area (Å²) in [7, 11) is -3.85. The van der Waals surface area contributed by atoms with E-state index in [9.17, 15) is 13.2 Å². The number of amides is 1. The molecule has 12 heteroatoms. The van der Waals surface area contributed by atoms with Crippen molar-refractivity contribution in [3.8, 4) is 17.4 Å². The highest BCUT2D eigenvalue weighted by Gasteiger charge is 2.18. The van der Waals surface area contributed by atoms with Gasteiger partial charge in [0.15, 0.2) is 9.34 Å². The van der Waals surface area contributed by atoms with Crippen molar-refractivity contribution in [3.63, 3.8) is 0 Å². The van der Waals surface area contributed by atoms with Crippen LogP contribution < -0.4 is 14.8 Å². The van der Waals surface area contributed by atoms with E-state index in [1.807, 2.05) is 29.1 Å². The van der Waals surface area contributed by atoms with E-state index >= 15 is 0 Å². The number of nitrogens with zero attached hydrogens (tertiary/aromatic N) is 4. The highest BCUT2D eigenvalue weighted by molar-refractivity contribution is 7.94. The second-order valence-corrected chi connectivity index (χ2v) is 9.54. The second-order valence-electron chi connectivity index (χ2n) is 6.60. The molecule has 2 N–H and O–H groups in total. The first-order chi connectivity index (χ1) is 15.3. The minimum atomic E-state index is -3.85. The Hall–Kier alpha value is -3.77. The van der Waals surface area contributed by atoms with E-state index in [0.29, 0.717) is 29.0 Å². The molecule has 0 unspecified atom stereocenters. The van der Waals surface area contributed by atoms with E-state index in [-0.39, 0.29) is 15.2 Å². The molecule has 1 amide bonds. The SMILES string of the molecule is CC(=O)Nc1ncc(S(=O)(=O)Nc2ccc(Oc3cc(-n4cccc4)nc(C)n3)cc2)s1. The summed E-state index contributed by atoms with van der Waals surface area (Å²) in [5.74, 6) is 1.75. The van der Waals surface area contributed by atoms with Crippen molar-refractivity contribution in [3.05, 3.63) is 66.9 Å². The van der Waals surface area contributed by atoms with E-state index in [1.54, 1.807) is 37.3 Å². The van der Waals surface area contributed by atoms with Crippen LogP contribution in [0.2, 0.25) is 0 Å². The van der Waals surface area contributed by atoms with Crippen molar-refractivity contribution in [2.45, 2.75) is 18.1 Å². The smallest absolute Gasteiger partial charge is 0.273 e. The summed E-state index contributed by atoms with van der Waals surface area (Å²) in [6.07, 6.45) is 4.93. The van der Waals surface area contributed by atoms with E-state index in [2.05, 4.69) is 25.0 Å². The third-order valence-corrected chi connectivity index (χ3v) is 6.79. The van der Waals surface area contributed by atoms with Gasteiger partial charge >= 0.3 is 0 Å². The molecule has 3 aromatic heterocycles. The normalized spacial score (nSPS) is 11.2. The summed E-state index contributed by atoms with van der Waals surface area (Å²) in [6.45, 7) is 3.09. The van der Waals surface area contributed by atoms with Crippen LogP contribution in [0.5, 0.6) is 11.6 Å². The number of anilines is 2. The molecule has 0 fully saturated rings. The number of sulfonamides is 1. The van der Waals surface area contributed by atoms with Crippen LogP contribution in [-0.2, 0) is 14.8 Å². The molecule has 0 aliphatic rings. The standard InChI is InChI=1S/C20H18N6O4S2/c1-13-22-17(26-9-3-4-10-26)11-18(23-13)30-16-7-5-15(6-8-16)25-32(28,29)19-12-21-20(31-19)24-14(2)27/h3-12,25H,1-2H3,(H,21,24,27). The minimum absolute atomic E-state index is 0.0180. The highest BCUT2D eigenvalue weighted by atomic mass is 32.2. The van der Waals surface area contributed by atoms with Crippen LogP contribution in [-0.4, -0.2) is 33.8 Å². The number of hydrogen-bond acceptors (Lipinski definition) is 8. The van der Waals surface area contributed by atoms with Gasteiger partial charge in [0, 0.05) is 31.1 Å². The number of aryl methyl sites for hydroxylation is 1. The zero-order chi connectivity index (χ0) is 22.7. The van der Waals surface area contributed by atoms with E-state index in [0.717, 1.165) is 11.3 Å². The largest absolute Gasteiger partial charge is 0.439 e. The number of carbonyl (C=O) groups excluding carboxylic acids is 1. The fourth-order valence-corrected chi connectivity index (χ4v) is 4.84. The molecule has 4 aromatic rings. The predicted molar refractivity (Wildman–Crippen MR) is 120 cm³/mol. The molecule has 164 valence electrons. The van der Waals surface area contributed by atoms with E-state index < -0.39 is 10.0 Å². The Morgan fingerprint density at radius 3 is 2.53 bits per heavy atom. The monoisotopic (exact) mass is 470 g/mol. The zero-order valence-electron chi connectivity index (χ0n) is 17.0. The number of carbonyl (C=O) groups is 1.